The fourth-order valence-corrected chi connectivity index (χ4v) is 5.67. The summed E-state index contributed by atoms with van der Waals surface area (Å²) < 4.78 is 26.6. The number of benzene rings is 2. The number of hydrogen-bond donors (Lipinski definition) is 1. The molecule has 0 radical (unpaired) electrons. The zero-order chi connectivity index (χ0) is 26.3. The van der Waals surface area contributed by atoms with Crippen LogP contribution in [0, 0.1) is 13.8 Å². The largest absolute Gasteiger partial charge is 0.352 e. The highest BCUT2D eigenvalue weighted by atomic mass is 32.2. The van der Waals surface area contributed by atoms with Crippen molar-refractivity contribution in [3.63, 3.8) is 0 Å². The number of nitrogens with zero attached hydrogens (tertiary/aromatic N) is 2. The molecule has 0 heterocycles. The normalized spacial score (nSPS) is 15.2. The molecule has 7 nitrogen and oxygen atoms in total. The summed E-state index contributed by atoms with van der Waals surface area (Å²) in [6, 6.07) is 14.2. The number of rotatable bonds is 10. The van der Waals surface area contributed by atoms with Crippen LogP contribution in [0.5, 0.6) is 0 Å². The Morgan fingerprint density at radius 2 is 1.72 bits per heavy atom. The highest BCUT2D eigenvalue weighted by molar-refractivity contribution is 7.92. The zero-order valence-corrected chi connectivity index (χ0v) is 22.7. The van der Waals surface area contributed by atoms with E-state index in [1.165, 1.54) is 6.42 Å². The first-order chi connectivity index (χ1) is 17.1. The minimum atomic E-state index is -3.73. The second-order valence-corrected chi connectivity index (χ2v) is 11.7. The molecule has 1 aliphatic rings. The Morgan fingerprint density at radius 3 is 2.33 bits per heavy atom. The Morgan fingerprint density at radius 1 is 1.03 bits per heavy atom. The number of amides is 2. The summed E-state index contributed by atoms with van der Waals surface area (Å²) in [6.45, 7) is 5.59. The van der Waals surface area contributed by atoms with Crippen molar-refractivity contribution >= 4 is 27.5 Å². The Balaban J connectivity index is 1.92. The fourth-order valence-electron chi connectivity index (χ4n) is 4.83. The van der Waals surface area contributed by atoms with Crippen LogP contribution >= 0.6 is 0 Å². The predicted octanol–water partition coefficient (Wildman–Crippen LogP) is 4.33. The maximum Gasteiger partial charge on any atom is 0.244 e. The second kappa shape index (κ2) is 12.4. The van der Waals surface area contributed by atoms with Gasteiger partial charge >= 0.3 is 0 Å². The van der Waals surface area contributed by atoms with E-state index in [0.717, 1.165) is 52.9 Å². The van der Waals surface area contributed by atoms with Crippen molar-refractivity contribution in [2.75, 3.05) is 17.1 Å². The van der Waals surface area contributed by atoms with Gasteiger partial charge in [-0.3, -0.25) is 13.9 Å². The van der Waals surface area contributed by atoms with Crippen LogP contribution in [0.15, 0.2) is 48.5 Å². The van der Waals surface area contributed by atoms with Crippen molar-refractivity contribution in [2.24, 2.45) is 0 Å². The minimum Gasteiger partial charge on any atom is -0.352 e. The molecule has 8 heteroatoms. The smallest absolute Gasteiger partial charge is 0.244 e. The van der Waals surface area contributed by atoms with E-state index in [4.69, 9.17) is 0 Å². The van der Waals surface area contributed by atoms with Crippen molar-refractivity contribution in [1.29, 1.82) is 0 Å². The molecular formula is C28H39N3O4S. The fraction of sp³-hybridized carbons (Fsp3) is 0.500. The maximum atomic E-state index is 13.8. The summed E-state index contributed by atoms with van der Waals surface area (Å²) in [7, 11) is -3.73. The molecule has 0 bridgehead atoms. The quantitative estimate of drug-likeness (QED) is 0.512. The van der Waals surface area contributed by atoms with Crippen LogP contribution in [-0.2, 0) is 26.2 Å². The summed E-state index contributed by atoms with van der Waals surface area (Å²) in [6.07, 6.45) is 6.79. The van der Waals surface area contributed by atoms with Gasteiger partial charge in [-0.05, 0) is 61.9 Å². The van der Waals surface area contributed by atoms with E-state index in [2.05, 4.69) is 5.32 Å². The molecule has 0 saturated heterocycles. The highest BCUT2D eigenvalue weighted by Gasteiger charge is 2.33. The summed E-state index contributed by atoms with van der Waals surface area (Å²) in [5, 5.41) is 3.16. The SMILES string of the molecule is CC[C@H](C(=O)NC1CCCCC1)N(Cc1ccccc1C)C(=O)CN(c1cccc(C)c1)S(C)(=O)=O. The lowest BCUT2D eigenvalue weighted by Crippen LogP contribution is -2.54. The molecule has 1 saturated carbocycles. The second-order valence-electron chi connectivity index (χ2n) is 9.82. The third kappa shape index (κ3) is 7.32. The minimum absolute atomic E-state index is 0.121. The Labute approximate surface area is 215 Å². The lowest BCUT2D eigenvalue weighted by Gasteiger charge is -2.34. The molecule has 0 aliphatic heterocycles. The first-order valence-electron chi connectivity index (χ1n) is 12.8. The number of anilines is 1. The van der Waals surface area contributed by atoms with Crippen LogP contribution < -0.4 is 9.62 Å². The van der Waals surface area contributed by atoms with Gasteiger partial charge in [-0.1, -0.05) is 62.6 Å². The highest BCUT2D eigenvalue weighted by Crippen LogP contribution is 2.22. The predicted molar refractivity (Wildman–Crippen MR) is 144 cm³/mol. The van der Waals surface area contributed by atoms with Gasteiger partial charge in [0, 0.05) is 12.6 Å². The van der Waals surface area contributed by atoms with Gasteiger partial charge in [0.25, 0.3) is 0 Å². The van der Waals surface area contributed by atoms with Crippen LogP contribution in [0.3, 0.4) is 0 Å². The number of aryl methyl sites for hydroxylation is 2. The molecule has 1 aliphatic carbocycles. The lowest BCUT2D eigenvalue weighted by atomic mass is 9.95. The summed E-state index contributed by atoms with van der Waals surface area (Å²) >= 11 is 0. The molecule has 1 N–H and O–H groups in total. The zero-order valence-electron chi connectivity index (χ0n) is 21.9. The van der Waals surface area contributed by atoms with Crippen LogP contribution in [0.1, 0.15) is 62.1 Å². The lowest BCUT2D eigenvalue weighted by molar-refractivity contribution is -0.140. The average molecular weight is 514 g/mol. The standard InChI is InChI=1S/C28H39N3O4S/c1-5-26(28(33)29-24-15-7-6-8-16-24)30(19-23-14-10-9-13-22(23)3)27(32)20-31(36(4,34)35)25-17-11-12-21(2)18-25/h9-14,17-18,24,26H,5-8,15-16,19-20H2,1-4H3,(H,29,33)/t26-/m1/s1. The van der Waals surface area contributed by atoms with Crippen molar-refractivity contribution in [2.45, 2.75) is 77.9 Å². The number of hydrogen-bond acceptors (Lipinski definition) is 4. The topological polar surface area (TPSA) is 86.8 Å². The van der Waals surface area contributed by atoms with Crippen LogP contribution in [-0.4, -0.2) is 50.0 Å². The van der Waals surface area contributed by atoms with E-state index in [-0.39, 0.29) is 25.0 Å². The molecule has 0 unspecified atom stereocenters. The molecule has 196 valence electrons. The van der Waals surface area contributed by atoms with Crippen molar-refractivity contribution in [3.05, 3.63) is 65.2 Å². The van der Waals surface area contributed by atoms with Crippen LogP contribution in [0.4, 0.5) is 5.69 Å². The van der Waals surface area contributed by atoms with Crippen molar-refractivity contribution < 1.29 is 18.0 Å². The molecule has 2 amide bonds. The molecule has 2 aromatic rings. The van der Waals surface area contributed by atoms with E-state index >= 15 is 0 Å². The third-order valence-corrected chi connectivity index (χ3v) is 8.05. The van der Waals surface area contributed by atoms with E-state index in [1.807, 2.05) is 51.1 Å². The van der Waals surface area contributed by atoms with Gasteiger partial charge in [-0.25, -0.2) is 8.42 Å². The first-order valence-corrected chi connectivity index (χ1v) is 14.6. The van der Waals surface area contributed by atoms with E-state index in [0.29, 0.717) is 12.1 Å². The van der Waals surface area contributed by atoms with E-state index < -0.39 is 22.0 Å². The molecule has 3 rings (SSSR count). The van der Waals surface area contributed by atoms with Gasteiger partial charge in [-0.15, -0.1) is 0 Å². The molecule has 1 atom stereocenters. The van der Waals surface area contributed by atoms with Gasteiger partial charge in [0.2, 0.25) is 21.8 Å². The van der Waals surface area contributed by atoms with Gasteiger partial charge in [0.05, 0.1) is 11.9 Å². The maximum absolute atomic E-state index is 13.8. The van der Waals surface area contributed by atoms with Crippen molar-refractivity contribution in [3.8, 4) is 0 Å². The van der Waals surface area contributed by atoms with Gasteiger partial charge in [0.15, 0.2) is 0 Å². The van der Waals surface area contributed by atoms with Gasteiger partial charge in [0.1, 0.15) is 12.6 Å². The number of sulfonamides is 1. The van der Waals surface area contributed by atoms with E-state index in [9.17, 15) is 18.0 Å². The molecule has 36 heavy (non-hydrogen) atoms. The molecule has 2 aromatic carbocycles. The van der Waals surface area contributed by atoms with Gasteiger partial charge < -0.3 is 10.2 Å². The summed E-state index contributed by atoms with van der Waals surface area (Å²) in [5.41, 5.74) is 3.26. The van der Waals surface area contributed by atoms with Crippen LogP contribution in [0.25, 0.3) is 0 Å². The van der Waals surface area contributed by atoms with Crippen molar-refractivity contribution in [1.82, 2.24) is 10.2 Å². The average Bonchev–Trinajstić information content (AvgIpc) is 2.83. The van der Waals surface area contributed by atoms with E-state index in [1.54, 1.807) is 23.1 Å². The Hall–Kier alpha value is -2.87. The summed E-state index contributed by atoms with van der Waals surface area (Å²) in [5.74, 6) is -0.580. The molecule has 0 spiro atoms. The first kappa shape index (κ1) is 27.7. The Bertz CT molecular complexity index is 1160. The number of carbonyl (C=O) groups excluding carboxylic acids is 2. The summed E-state index contributed by atoms with van der Waals surface area (Å²) in [4.78, 5) is 28.8. The Kier molecular flexibility index (Phi) is 9.54. The molecule has 0 aromatic heterocycles. The third-order valence-electron chi connectivity index (χ3n) is 6.91. The molecular weight excluding hydrogens is 474 g/mol. The van der Waals surface area contributed by atoms with Crippen LogP contribution in [0.2, 0.25) is 0 Å². The monoisotopic (exact) mass is 513 g/mol. The number of carbonyl (C=O) groups is 2. The molecule has 1 fully saturated rings. The number of nitrogens with one attached hydrogen (secondary N) is 1. The van der Waals surface area contributed by atoms with Gasteiger partial charge in [-0.2, -0.15) is 0 Å².